The van der Waals surface area contributed by atoms with Crippen LogP contribution >= 0.6 is 0 Å². The maximum atomic E-state index is 10.7. The van der Waals surface area contributed by atoms with Gasteiger partial charge in [0.1, 0.15) is 5.76 Å². The van der Waals surface area contributed by atoms with Crippen molar-refractivity contribution in [2.75, 3.05) is 32.7 Å². The molecule has 4 rings (SSSR count). The molecule has 0 saturated carbocycles. The summed E-state index contributed by atoms with van der Waals surface area (Å²) in [5.74, 6) is 0.858. The van der Waals surface area contributed by atoms with Gasteiger partial charge in [0.2, 0.25) is 0 Å². The summed E-state index contributed by atoms with van der Waals surface area (Å²) in [5, 5.41) is 17.1. The van der Waals surface area contributed by atoms with Crippen LogP contribution in [0.2, 0.25) is 0 Å². The van der Waals surface area contributed by atoms with Gasteiger partial charge in [-0.1, -0.05) is 41.6 Å². The Morgan fingerprint density at radius 3 is 2.46 bits per heavy atom. The monoisotopic (exact) mass is 351 g/mol. The van der Waals surface area contributed by atoms with Gasteiger partial charge >= 0.3 is 0 Å². The highest BCUT2D eigenvalue weighted by Gasteiger charge is 2.20. The first-order valence-electron chi connectivity index (χ1n) is 9.21. The lowest BCUT2D eigenvalue weighted by molar-refractivity contribution is 0.0694. The first kappa shape index (κ1) is 17.2. The zero-order chi connectivity index (χ0) is 17.9. The highest BCUT2D eigenvalue weighted by Crippen LogP contribution is 2.21. The van der Waals surface area contributed by atoms with Crippen molar-refractivity contribution in [2.45, 2.75) is 19.6 Å². The Morgan fingerprint density at radius 1 is 1.00 bits per heavy atom. The molecule has 0 bridgehead atoms. The Bertz CT molecular complexity index is 868. The van der Waals surface area contributed by atoms with Crippen LogP contribution in [0.4, 0.5) is 0 Å². The van der Waals surface area contributed by atoms with Crippen LogP contribution in [-0.4, -0.2) is 52.8 Å². The van der Waals surface area contributed by atoms with Crippen LogP contribution in [0.15, 0.2) is 53.1 Å². The predicted molar refractivity (Wildman–Crippen MR) is 102 cm³/mol. The van der Waals surface area contributed by atoms with Gasteiger partial charge < -0.3 is 9.63 Å². The number of aryl methyl sites for hydroxylation is 1. The number of aliphatic hydroxyl groups excluding tert-OH is 1. The third-order valence-corrected chi connectivity index (χ3v) is 5.12. The lowest BCUT2D eigenvalue weighted by atomic mass is 10.0. The third-order valence-electron chi connectivity index (χ3n) is 5.12. The van der Waals surface area contributed by atoms with Gasteiger partial charge in [0.15, 0.2) is 0 Å². The number of nitrogens with zero attached hydrogens (tertiary/aromatic N) is 3. The second-order valence-corrected chi connectivity index (χ2v) is 7.13. The van der Waals surface area contributed by atoms with Gasteiger partial charge in [-0.3, -0.25) is 9.80 Å². The Balaban J connectivity index is 1.31. The summed E-state index contributed by atoms with van der Waals surface area (Å²) in [7, 11) is 0. The molecule has 0 amide bonds. The van der Waals surface area contributed by atoms with Crippen LogP contribution in [-0.2, 0) is 6.54 Å². The number of benzene rings is 2. The Hall–Kier alpha value is -2.21. The number of rotatable bonds is 5. The maximum Gasteiger partial charge on any atom is 0.133 e. The van der Waals surface area contributed by atoms with Crippen LogP contribution in [0, 0.1) is 6.92 Å². The SMILES string of the molecule is Cc1cc(CN2CCN(CC(O)c3ccc4ccccc4c3)CC2)no1. The summed E-state index contributed by atoms with van der Waals surface area (Å²) in [6.07, 6.45) is -0.454. The number of hydrogen-bond acceptors (Lipinski definition) is 5. The summed E-state index contributed by atoms with van der Waals surface area (Å²) >= 11 is 0. The van der Waals surface area contributed by atoms with Crippen molar-refractivity contribution in [2.24, 2.45) is 0 Å². The van der Waals surface area contributed by atoms with E-state index in [1.165, 1.54) is 10.8 Å². The van der Waals surface area contributed by atoms with E-state index < -0.39 is 6.10 Å². The second-order valence-electron chi connectivity index (χ2n) is 7.13. The molecule has 1 N–H and O–H groups in total. The molecule has 0 aliphatic carbocycles. The van der Waals surface area contributed by atoms with Crippen molar-refractivity contribution in [1.29, 1.82) is 0 Å². The Labute approximate surface area is 153 Å². The van der Waals surface area contributed by atoms with Crippen LogP contribution in [0.5, 0.6) is 0 Å². The van der Waals surface area contributed by atoms with Crippen LogP contribution in [0.3, 0.4) is 0 Å². The van der Waals surface area contributed by atoms with Gasteiger partial charge in [0, 0.05) is 45.3 Å². The zero-order valence-electron chi connectivity index (χ0n) is 15.1. The fourth-order valence-corrected chi connectivity index (χ4v) is 3.62. The van der Waals surface area contributed by atoms with E-state index in [4.69, 9.17) is 4.52 Å². The minimum Gasteiger partial charge on any atom is -0.387 e. The van der Waals surface area contributed by atoms with Crippen molar-refractivity contribution in [1.82, 2.24) is 15.0 Å². The van der Waals surface area contributed by atoms with E-state index >= 15 is 0 Å². The molecule has 1 atom stereocenters. The number of β-amino-alcohol motifs (C(OH)–C–C–N with tert-alkyl or cyclic N) is 1. The van der Waals surface area contributed by atoms with Gasteiger partial charge in [0.05, 0.1) is 11.8 Å². The molecular formula is C21H25N3O2. The molecule has 26 heavy (non-hydrogen) atoms. The predicted octanol–water partition coefficient (Wildman–Crippen LogP) is 2.99. The van der Waals surface area contributed by atoms with E-state index in [0.29, 0.717) is 6.54 Å². The van der Waals surface area contributed by atoms with Gasteiger partial charge in [-0.2, -0.15) is 0 Å². The van der Waals surface area contributed by atoms with E-state index in [1.807, 2.05) is 31.2 Å². The summed E-state index contributed by atoms with van der Waals surface area (Å²) < 4.78 is 5.14. The number of hydrogen-bond donors (Lipinski definition) is 1. The molecule has 0 spiro atoms. The fraction of sp³-hybridized carbons (Fsp3) is 0.381. The molecule has 1 fully saturated rings. The van der Waals surface area contributed by atoms with Crippen molar-refractivity contribution < 1.29 is 9.63 Å². The van der Waals surface area contributed by atoms with Crippen LogP contribution < -0.4 is 0 Å². The molecule has 2 heterocycles. The fourth-order valence-electron chi connectivity index (χ4n) is 3.62. The molecule has 1 aliphatic heterocycles. The lowest BCUT2D eigenvalue weighted by Crippen LogP contribution is -2.47. The van der Waals surface area contributed by atoms with Gasteiger partial charge in [-0.15, -0.1) is 0 Å². The summed E-state index contributed by atoms with van der Waals surface area (Å²) in [6.45, 7) is 7.31. The normalized spacial score (nSPS) is 17.6. The quantitative estimate of drug-likeness (QED) is 0.766. The van der Waals surface area contributed by atoms with Gasteiger partial charge in [-0.05, 0) is 29.3 Å². The molecule has 136 valence electrons. The standard InChI is InChI=1S/C21H25N3O2/c1-16-12-20(22-26-16)14-23-8-10-24(11-9-23)15-21(25)19-7-6-17-4-2-3-5-18(17)13-19/h2-7,12-13,21,25H,8-11,14-15H2,1H3. The van der Waals surface area contributed by atoms with Gasteiger partial charge in [0.25, 0.3) is 0 Å². The average molecular weight is 351 g/mol. The smallest absolute Gasteiger partial charge is 0.133 e. The van der Waals surface area contributed by atoms with Crippen molar-refractivity contribution in [3.63, 3.8) is 0 Å². The largest absolute Gasteiger partial charge is 0.387 e. The minimum absolute atomic E-state index is 0.454. The topological polar surface area (TPSA) is 52.7 Å². The maximum absolute atomic E-state index is 10.7. The van der Waals surface area contributed by atoms with E-state index in [1.54, 1.807) is 0 Å². The third kappa shape index (κ3) is 3.96. The molecule has 0 radical (unpaired) electrons. The molecule has 2 aromatic carbocycles. The summed E-state index contributed by atoms with van der Waals surface area (Å²) in [6, 6.07) is 16.5. The number of piperazine rings is 1. The second kappa shape index (κ2) is 7.58. The average Bonchev–Trinajstić information content (AvgIpc) is 3.07. The van der Waals surface area contributed by atoms with E-state index in [-0.39, 0.29) is 0 Å². The van der Waals surface area contributed by atoms with Crippen molar-refractivity contribution >= 4 is 10.8 Å². The van der Waals surface area contributed by atoms with E-state index in [0.717, 1.165) is 49.7 Å². The van der Waals surface area contributed by atoms with E-state index in [9.17, 15) is 5.11 Å². The molecule has 1 aliphatic rings. The number of aliphatic hydroxyl groups is 1. The molecule has 5 heteroatoms. The van der Waals surface area contributed by atoms with Gasteiger partial charge in [-0.25, -0.2) is 0 Å². The van der Waals surface area contributed by atoms with Crippen molar-refractivity contribution in [3.05, 3.63) is 65.5 Å². The molecule has 3 aromatic rings. The summed E-state index contributed by atoms with van der Waals surface area (Å²) in [5.41, 5.74) is 1.98. The first-order valence-corrected chi connectivity index (χ1v) is 9.21. The highest BCUT2D eigenvalue weighted by molar-refractivity contribution is 5.83. The number of aromatic nitrogens is 1. The van der Waals surface area contributed by atoms with Crippen molar-refractivity contribution in [3.8, 4) is 0 Å². The first-order chi connectivity index (χ1) is 12.7. The highest BCUT2D eigenvalue weighted by atomic mass is 16.5. The molecular weight excluding hydrogens is 326 g/mol. The molecule has 1 saturated heterocycles. The van der Waals surface area contributed by atoms with Crippen LogP contribution in [0.1, 0.15) is 23.1 Å². The number of fused-ring (bicyclic) bond motifs is 1. The summed E-state index contributed by atoms with van der Waals surface area (Å²) in [4.78, 5) is 4.72. The van der Waals surface area contributed by atoms with E-state index in [2.05, 4.69) is 39.2 Å². The molecule has 1 aromatic heterocycles. The lowest BCUT2D eigenvalue weighted by Gasteiger charge is -2.35. The van der Waals surface area contributed by atoms with Crippen LogP contribution in [0.25, 0.3) is 10.8 Å². The zero-order valence-corrected chi connectivity index (χ0v) is 15.1. The molecule has 1 unspecified atom stereocenters. The Morgan fingerprint density at radius 2 is 1.73 bits per heavy atom. The minimum atomic E-state index is -0.454. The molecule has 5 nitrogen and oxygen atoms in total. The Kier molecular flexibility index (Phi) is 5.02.